The first kappa shape index (κ1) is 24.5. The van der Waals surface area contributed by atoms with Gasteiger partial charge in [-0.05, 0) is 49.9 Å². The van der Waals surface area contributed by atoms with E-state index in [9.17, 15) is 9.59 Å². The molecule has 8 heteroatoms. The van der Waals surface area contributed by atoms with Crippen LogP contribution in [0.25, 0.3) is 22.2 Å². The largest absolute Gasteiger partial charge is 0.449 e. The molecule has 0 bridgehead atoms. The number of carbonyl (C=O) groups is 2. The molecule has 1 aromatic heterocycles. The van der Waals surface area contributed by atoms with Gasteiger partial charge in [0.05, 0.1) is 22.8 Å². The molecule has 5 rings (SSSR count). The molecule has 2 aliphatic rings. The highest BCUT2D eigenvalue weighted by molar-refractivity contribution is 6.35. The van der Waals surface area contributed by atoms with Crippen molar-refractivity contribution in [2.45, 2.75) is 44.7 Å². The standard InChI is InChI=1S/C28H31ClN4O3/c1-3-14-36-27(35)33-13-12-32(17-18(33)2)26(34)20-6-9-22-23(29)16-24(31-25(22)15-20)19-4-7-21(8-5-19)28(30)10-11-28/h4-9,15-16,18H,3,10-14,17,30H2,1-2H3. The number of nitrogens with zero attached hydrogens (tertiary/aromatic N) is 3. The van der Waals surface area contributed by atoms with Gasteiger partial charge >= 0.3 is 6.09 Å². The smallest absolute Gasteiger partial charge is 0.410 e. The summed E-state index contributed by atoms with van der Waals surface area (Å²) in [6.45, 7) is 5.63. The second-order valence-corrected chi connectivity index (χ2v) is 10.3. The Bertz CT molecular complexity index is 1310. The number of benzene rings is 2. The van der Waals surface area contributed by atoms with Gasteiger partial charge in [0, 0.05) is 47.7 Å². The Morgan fingerprint density at radius 2 is 1.89 bits per heavy atom. The van der Waals surface area contributed by atoms with Crippen molar-refractivity contribution < 1.29 is 14.3 Å². The van der Waals surface area contributed by atoms with Crippen molar-refractivity contribution in [2.24, 2.45) is 5.73 Å². The molecule has 1 saturated carbocycles. The minimum absolute atomic E-state index is 0.0873. The van der Waals surface area contributed by atoms with E-state index in [1.807, 2.05) is 38.1 Å². The third kappa shape index (κ3) is 4.77. The van der Waals surface area contributed by atoms with Crippen LogP contribution in [0.3, 0.4) is 0 Å². The number of ether oxygens (including phenoxy) is 1. The normalized spacial score (nSPS) is 18.8. The van der Waals surface area contributed by atoms with Gasteiger partial charge in [-0.25, -0.2) is 9.78 Å². The monoisotopic (exact) mass is 506 g/mol. The van der Waals surface area contributed by atoms with E-state index >= 15 is 0 Å². The first-order chi connectivity index (χ1) is 17.3. The maximum atomic E-state index is 13.3. The van der Waals surface area contributed by atoms with E-state index in [0.717, 1.165) is 41.5 Å². The number of piperazine rings is 1. The minimum atomic E-state index is -0.319. The molecule has 188 valence electrons. The van der Waals surface area contributed by atoms with Crippen molar-refractivity contribution in [2.75, 3.05) is 26.2 Å². The van der Waals surface area contributed by atoms with Crippen LogP contribution >= 0.6 is 11.6 Å². The molecule has 0 radical (unpaired) electrons. The fourth-order valence-corrected chi connectivity index (χ4v) is 4.99. The Labute approximate surface area is 216 Å². The molecule has 2 aromatic carbocycles. The van der Waals surface area contributed by atoms with Crippen LogP contribution in [0.4, 0.5) is 4.79 Å². The molecule has 7 nitrogen and oxygen atoms in total. The van der Waals surface area contributed by atoms with Gasteiger partial charge in [0.1, 0.15) is 0 Å². The molecular formula is C28H31ClN4O3. The molecule has 2 fully saturated rings. The molecule has 1 atom stereocenters. The average Bonchev–Trinajstić information content (AvgIpc) is 3.64. The van der Waals surface area contributed by atoms with Crippen molar-refractivity contribution in [3.8, 4) is 11.3 Å². The number of hydrogen-bond donors (Lipinski definition) is 1. The fourth-order valence-electron chi connectivity index (χ4n) is 4.73. The molecule has 1 aliphatic carbocycles. The average molecular weight is 507 g/mol. The fraction of sp³-hybridized carbons (Fsp3) is 0.393. The van der Waals surface area contributed by atoms with Gasteiger partial charge < -0.3 is 20.3 Å². The third-order valence-electron chi connectivity index (χ3n) is 7.13. The van der Waals surface area contributed by atoms with Crippen LogP contribution in [0.2, 0.25) is 5.02 Å². The first-order valence-electron chi connectivity index (χ1n) is 12.5. The summed E-state index contributed by atoms with van der Waals surface area (Å²) in [4.78, 5) is 33.9. The van der Waals surface area contributed by atoms with Crippen LogP contribution in [0.5, 0.6) is 0 Å². The second-order valence-electron chi connectivity index (χ2n) is 9.86. The summed E-state index contributed by atoms with van der Waals surface area (Å²) in [6, 6.07) is 15.3. The summed E-state index contributed by atoms with van der Waals surface area (Å²) in [5.74, 6) is -0.0873. The van der Waals surface area contributed by atoms with Crippen molar-refractivity contribution in [1.29, 1.82) is 0 Å². The van der Waals surface area contributed by atoms with Gasteiger partial charge in [-0.3, -0.25) is 4.79 Å². The highest BCUT2D eigenvalue weighted by Gasteiger charge is 2.39. The quantitative estimate of drug-likeness (QED) is 0.514. The number of halogens is 1. The number of carbonyl (C=O) groups excluding carboxylic acids is 2. The molecule has 0 spiro atoms. The summed E-state index contributed by atoms with van der Waals surface area (Å²) in [5.41, 5.74) is 10.2. The maximum absolute atomic E-state index is 13.3. The van der Waals surface area contributed by atoms with Gasteiger partial charge in [-0.2, -0.15) is 0 Å². The van der Waals surface area contributed by atoms with Gasteiger partial charge in [0.25, 0.3) is 5.91 Å². The van der Waals surface area contributed by atoms with Crippen LogP contribution in [0.1, 0.15) is 49.0 Å². The lowest BCUT2D eigenvalue weighted by atomic mass is 10.0. The first-order valence-corrected chi connectivity index (χ1v) is 12.9. The van der Waals surface area contributed by atoms with E-state index in [1.54, 1.807) is 21.9 Å². The van der Waals surface area contributed by atoms with Crippen molar-refractivity contribution in [3.05, 3.63) is 64.7 Å². The number of rotatable bonds is 5. The van der Waals surface area contributed by atoms with Crippen LogP contribution in [-0.4, -0.2) is 59.1 Å². The van der Waals surface area contributed by atoms with E-state index in [0.29, 0.717) is 42.3 Å². The Kier molecular flexibility index (Phi) is 6.62. The molecule has 1 saturated heterocycles. The number of nitrogens with two attached hydrogens (primary N) is 1. The summed E-state index contributed by atoms with van der Waals surface area (Å²) < 4.78 is 5.27. The predicted octanol–water partition coefficient (Wildman–Crippen LogP) is 5.20. The van der Waals surface area contributed by atoms with E-state index < -0.39 is 0 Å². The summed E-state index contributed by atoms with van der Waals surface area (Å²) >= 11 is 6.60. The highest BCUT2D eigenvalue weighted by Crippen LogP contribution is 2.43. The number of aromatic nitrogens is 1. The van der Waals surface area contributed by atoms with Crippen molar-refractivity contribution in [3.63, 3.8) is 0 Å². The van der Waals surface area contributed by atoms with E-state index in [4.69, 9.17) is 27.1 Å². The van der Waals surface area contributed by atoms with E-state index in [2.05, 4.69) is 12.1 Å². The molecule has 1 unspecified atom stereocenters. The van der Waals surface area contributed by atoms with Crippen LogP contribution in [0, 0.1) is 0 Å². The maximum Gasteiger partial charge on any atom is 0.410 e. The van der Waals surface area contributed by atoms with Gasteiger partial charge in [0.15, 0.2) is 0 Å². The minimum Gasteiger partial charge on any atom is -0.449 e. The van der Waals surface area contributed by atoms with Crippen LogP contribution in [0.15, 0.2) is 48.5 Å². The topological polar surface area (TPSA) is 88.8 Å². The van der Waals surface area contributed by atoms with Crippen molar-refractivity contribution in [1.82, 2.24) is 14.8 Å². The summed E-state index contributed by atoms with van der Waals surface area (Å²) in [7, 11) is 0. The molecule has 1 aliphatic heterocycles. The SMILES string of the molecule is CCCOC(=O)N1CCN(C(=O)c2ccc3c(Cl)cc(-c4ccc(C5(N)CC5)cc4)nc3c2)CC1C. The molecule has 2 heterocycles. The molecular weight excluding hydrogens is 476 g/mol. The van der Waals surface area contributed by atoms with Gasteiger partial charge in [0.2, 0.25) is 0 Å². The number of amides is 2. The van der Waals surface area contributed by atoms with E-state index in [1.165, 1.54) is 0 Å². The number of fused-ring (bicyclic) bond motifs is 1. The van der Waals surface area contributed by atoms with Crippen LogP contribution < -0.4 is 5.73 Å². The zero-order valence-electron chi connectivity index (χ0n) is 20.7. The van der Waals surface area contributed by atoms with Gasteiger partial charge in [-0.1, -0.05) is 48.9 Å². The Hall–Kier alpha value is -3.16. The Morgan fingerprint density at radius 1 is 1.14 bits per heavy atom. The number of hydrogen-bond acceptors (Lipinski definition) is 5. The highest BCUT2D eigenvalue weighted by atomic mass is 35.5. The summed E-state index contributed by atoms with van der Waals surface area (Å²) in [5, 5.41) is 1.38. The number of pyridine rings is 1. The lowest BCUT2D eigenvalue weighted by Crippen LogP contribution is -2.55. The third-order valence-corrected chi connectivity index (χ3v) is 7.44. The Balaban J connectivity index is 1.35. The zero-order chi connectivity index (χ0) is 25.4. The molecule has 3 aromatic rings. The lowest BCUT2D eigenvalue weighted by molar-refractivity contribution is 0.0412. The van der Waals surface area contributed by atoms with E-state index in [-0.39, 0.29) is 23.6 Å². The molecule has 2 N–H and O–H groups in total. The second kappa shape index (κ2) is 9.71. The zero-order valence-corrected chi connectivity index (χ0v) is 21.4. The van der Waals surface area contributed by atoms with Gasteiger partial charge in [-0.15, -0.1) is 0 Å². The lowest BCUT2D eigenvalue weighted by Gasteiger charge is -2.39. The summed E-state index contributed by atoms with van der Waals surface area (Å²) in [6.07, 6.45) is 2.49. The predicted molar refractivity (Wildman–Crippen MR) is 141 cm³/mol. The molecule has 2 amide bonds. The van der Waals surface area contributed by atoms with Crippen LogP contribution in [-0.2, 0) is 10.3 Å². The van der Waals surface area contributed by atoms with Crippen molar-refractivity contribution >= 4 is 34.5 Å². The Morgan fingerprint density at radius 3 is 2.56 bits per heavy atom. The molecule has 36 heavy (non-hydrogen) atoms.